The molecular weight excluding hydrogens is 144 g/mol. The van der Waals surface area contributed by atoms with E-state index in [0.29, 0.717) is 0 Å². The molecule has 0 aliphatic carbocycles. The minimum Gasteiger partial charge on any atom is -0.280 e. The maximum absolute atomic E-state index is 10.4. The molecule has 1 heterocycles. The minimum atomic E-state index is -0.236. The number of rotatable bonds is 1. The molecule has 1 aliphatic rings. The molecule has 1 atom stereocenters. The third-order valence-corrected chi connectivity index (χ3v) is 2.42. The molecule has 1 rings (SSSR count). The van der Waals surface area contributed by atoms with Gasteiger partial charge in [0.15, 0.2) is 0 Å². The second kappa shape index (κ2) is 2.55. The van der Waals surface area contributed by atoms with Gasteiger partial charge < -0.3 is 0 Å². The van der Waals surface area contributed by atoms with Crippen molar-refractivity contribution in [1.29, 1.82) is 0 Å². The van der Waals surface area contributed by atoms with E-state index in [1.165, 1.54) is 11.8 Å². The minimum absolute atomic E-state index is 0.00309. The first-order valence-electron chi connectivity index (χ1n) is 2.30. The van der Waals surface area contributed by atoms with Crippen molar-refractivity contribution in [2.24, 2.45) is 0 Å². The quantitative estimate of drug-likeness (QED) is 0.528. The van der Waals surface area contributed by atoms with Crippen LogP contribution < -0.4 is 0 Å². The second-order valence-corrected chi connectivity index (χ2v) is 3.02. The van der Waals surface area contributed by atoms with Crippen molar-refractivity contribution in [3.05, 3.63) is 11.5 Å². The van der Waals surface area contributed by atoms with Crippen molar-refractivity contribution >= 4 is 28.6 Å². The normalized spacial score (nSPS) is 26.4. The van der Waals surface area contributed by atoms with Gasteiger partial charge in [-0.25, -0.2) is 0 Å². The van der Waals surface area contributed by atoms with Crippen molar-refractivity contribution in [2.45, 2.75) is 11.7 Å². The lowest BCUT2D eigenvalue weighted by atomic mass is 10.3. The lowest BCUT2D eigenvalue weighted by Crippen LogP contribution is -2.05. The van der Waals surface area contributed by atoms with Gasteiger partial charge in [-0.2, -0.15) is 0 Å². The van der Waals surface area contributed by atoms with Gasteiger partial charge in [0.25, 0.3) is 0 Å². The van der Waals surface area contributed by atoms with Crippen LogP contribution in [0.25, 0.3) is 0 Å². The highest BCUT2D eigenvalue weighted by atomic mass is 35.5. The van der Waals surface area contributed by atoms with Gasteiger partial charge in [0, 0.05) is 0 Å². The van der Waals surface area contributed by atoms with Gasteiger partial charge in [-0.1, -0.05) is 6.08 Å². The largest absolute Gasteiger partial charge is 0.280 e. The van der Waals surface area contributed by atoms with Gasteiger partial charge in [0.05, 0.1) is 5.25 Å². The van der Waals surface area contributed by atoms with Gasteiger partial charge in [-0.3, -0.25) is 4.79 Å². The molecule has 0 radical (unpaired) electrons. The average Bonchev–Trinajstić information content (AvgIpc) is 2.12. The average molecular weight is 149 g/mol. The topological polar surface area (TPSA) is 17.1 Å². The summed E-state index contributed by atoms with van der Waals surface area (Å²) in [5.41, 5.74) is 0. The van der Waals surface area contributed by atoms with Gasteiger partial charge in [0.2, 0.25) is 5.24 Å². The summed E-state index contributed by atoms with van der Waals surface area (Å²) < 4.78 is 0. The SMILES string of the molecule is O=C(Cl)C1CC=CS1. The molecule has 0 aromatic carbocycles. The summed E-state index contributed by atoms with van der Waals surface area (Å²) in [5.74, 6) is 0. The number of carbonyl (C=O) groups is 1. The highest BCUT2D eigenvalue weighted by Gasteiger charge is 2.16. The van der Waals surface area contributed by atoms with Crippen molar-refractivity contribution in [2.75, 3.05) is 0 Å². The van der Waals surface area contributed by atoms with Gasteiger partial charge in [-0.05, 0) is 23.4 Å². The molecule has 0 saturated heterocycles. The smallest absolute Gasteiger partial charge is 0.235 e. The van der Waals surface area contributed by atoms with E-state index in [2.05, 4.69) is 0 Å². The standard InChI is InChI=1S/C5H5ClOS/c6-5(7)4-2-1-3-8-4/h1,3-4H,2H2. The zero-order valence-corrected chi connectivity index (χ0v) is 5.71. The van der Waals surface area contributed by atoms with E-state index in [4.69, 9.17) is 11.6 Å². The molecule has 0 bridgehead atoms. The molecule has 0 N–H and O–H groups in total. The second-order valence-electron chi connectivity index (χ2n) is 1.54. The molecular formula is C5H5ClOS. The molecule has 3 heteroatoms. The monoisotopic (exact) mass is 148 g/mol. The highest BCUT2D eigenvalue weighted by molar-refractivity contribution is 8.03. The van der Waals surface area contributed by atoms with E-state index in [1.54, 1.807) is 0 Å². The fraction of sp³-hybridized carbons (Fsp3) is 0.400. The van der Waals surface area contributed by atoms with E-state index >= 15 is 0 Å². The molecule has 0 aromatic rings. The number of hydrogen-bond donors (Lipinski definition) is 0. The van der Waals surface area contributed by atoms with Crippen LogP contribution in [0.5, 0.6) is 0 Å². The molecule has 44 valence electrons. The van der Waals surface area contributed by atoms with E-state index in [9.17, 15) is 4.79 Å². The van der Waals surface area contributed by atoms with E-state index in [1.807, 2.05) is 11.5 Å². The molecule has 0 spiro atoms. The zero-order chi connectivity index (χ0) is 5.98. The van der Waals surface area contributed by atoms with Crippen LogP contribution in [0.3, 0.4) is 0 Å². The first-order chi connectivity index (χ1) is 3.80. The van der Waals surface area contributed by atoms with Crippen LogP contribution in [0.4, 0.5) is 0 Å². The summed E-state index contributed by atoms with van der Waals surface area (Å²) in [7, 11) is 0. The maximum Gasteiger partial charge on any atom is 0.235 e. The Labute approximate surface area is 57.1 Å². The number of halogens is 1. The Morgan fingerprint density at radius 3 is 2.88 bits per heavy atom. The summed E-state index contributed by atoms with van der Waals surface area (Å²) in [5, 5.41) is 1.67. The van der Waals surface area contributed by atoms with Crippen LogP contribution in [0.15, 0.2) is 11.5 Å². The van der Waals surface area contributed by atoms with Crippen LogP contribution in [0.2, 0.25) is 0 Å². The van der Waals surface area contributed by atoms with E-state index in [-0.39, 0.29) is 10.5 Å². The van der Waals surface area contributed by atoms with Gasteiger partial charge in [0.1, 0.15) is 0 Å². The van der Waals surface area contributed by atoms with Crippen molar-refractivity contribution < 1.29 is 4.79 Å². The predicted molar refractivity (Wildman–Crippen MR) is 36.0 cm³/mol. The molecule has 1 unspecified atom stereocenters. The summed E-state index contributed by atoms with van der Waals surface area (Å²) >= 11 is 6.67. The molecule has 1 aliphatic heterocycles. The Bertz CT molecular complexity index is 124. The van der Waals surface area contributed by atoms with Crippen molar-refractivity contribution in [3.63, 3.8) is 0 Å². The van der Waals surface area contributed by atoms with Gasteiger partial charge >= 0.3 is 0 Å². The Hall–Kier alpha value is 0.0500. The van der Waals surface area contributed by atoms with E-state index in [0.717, 1.165) is 6.42 Å². The van der Waals surface area contributed by atoms with Crippen LogP contribution in [0, 0.1) is 0 Å². The number of allylic oxidation sites excluding steroid dienone is 1. The van der Waals surface area contributed by atoms with Crippen LogP contribution in [-0.4, -0.2) is 10.5 Å². The molecule has 0 saturated carbocycles. The van der Waals surface area contributed by atoms with Crippen LogP contribution in [-0.2, 0) is 4.79 Å². The molecule has 0 amide bonds. The van der Waals surface area contributed by atoms with Crippen LogP contribution in [0.1, 0.15) is 6.42 Å². The first-order valence-corrected chi connectivity index (χ1v) is 3.62. The Balaban J connectivity index is 2.41. The Morgan fingerprint density at radius 1 is 1.88 bits per heavy atom. The highest BCUT2D eigenvalue weighted by Crippen LogP contribution is 2.25. The Kier molecular flexibility index (Phi) is 1.97. The Morgan fingerprint density at radius 2 is 2.62 bits per heavy atom. The number of thioether (sulfide) groups is 1. The molecule has 1 nitrogen and oxygen atoms in total. The summed E-state index contributed by atoms with van der Waals surface area (Å²) in [4.78, 5) is 10.4. The molecule has 0 aromatic heterocycles. The third kappa shape index (κ3) is 1.26. The van der Waals surface area contributed by atoms with Crippen molar-refractivity contribution in [3.8, 4) is 0 Å². The zero-order valence-electron chi connectivity index (χ0n) is 4.13. The van der Waals surface area contributed by atoms with Gasteiger partial charge in [-0.15, -0.1) is 11.8 Å². The predicted octanol–water partition coefficient (Wildman–Crippen LogP) is 1.77. The lowest BCUT2D eigenvalue weighted by molar-refractivity contribution is -0.111. The number of hydrogen-bond acceptors (Lipinski definition) is 2. The third-order valence-electron chi connectivity index (χ3n) is 0.942. The molecule has 0 fully saturated rings. The number of carbonyl (C=O) groups excluding carboxylic acids is 1. The summed E-state index contributed by atoms with van der Waals surface area (Å²) in [6.07, 6.45) is 2.75. The van der Waals surface area contributed by atoms with Crippen molar-refractivity contribution in [1.82, 2.24) is 0 Å². The first kappa shape index (κ1) is 6.17. The maximum atomic E-state index is 10.4. The summed E-state index contributed by atoms with van der Waals surface area (Å²) in [6.45, 7) is 0. The lowest BCUT2D eigenvalue weighted by Gasteiger charge is -1.96. The van der Waals surface area contributed by atoms with Crippen LogP contribution >= 0.6 is 23.4 Å². The summed E-state index contributed by atoms with van der Waals surface area (Å²) in [6, 6.07) is 0. The van der Waals surface area contributed by atoms with E-state index < -0.39 is 0 Å². The fourth-order valence-corrected chi connectivity index (χ4v) is 1.52. The molecule has 8 heavy (non-hydrogen) atoms. The fourth-order valence-electron chi connectivity index (χ4n) is 0.531.